The van der Waals surface area contributed by atoms with Crippen molar-refractivity contribution in [3.63, 3.8) is 0 Å². The van der Waals surface area contributed by atoms with Gasteiger partial charge in [0.25, 0.3) is 0 Å². The molecule has 6 heteroatoms. The Hall–Kier alpha value is -2.21. The Morgan fingerprint density at radius 2 is 1.85 bits per heavy atom. The number of tetrazole rings is 1. The van der Waals surface area contributed by atoms with E-state index in [0.29, 0.717) is 0 Å². The zero-order valence-corrected chi connectivity index (χ0v) is 11.9. The summed E-state index contributed by atoms with van der Waals surface area (Å²) in [5.74, 6) is 0.778. The number of nitrogens with one attached hydrogen (secondary N) is 1. The quantitative estimate of drug-likeness (QED) is 0.746. The molecule has 1 aliphatic heterocycles. The van der Waals surface area contributed by atoms with Gasteiger partial charge in [-0.1, -0.05) is 46.3 Å². The molecule has 1 unspecified atom stereocenters. The minimum absolute atomic E-state index is 0.120. The molecule has 3 aromatic rings. The molecule has 1 atom stereocenters. The number of anilines is 1. The standard InChI is InChI=1S/C14H10BrN5/c15-11-7-3-1-5-9(11)13-16-12-8-4-2-6-10(12)14-17-18-19-20(13)14/h1-8,13,16H. The van der Waals surface area contributed by atoms with Crippen LogP contribution in [0, 0.1) is 0 Å². The van der Waals surface area contributed by atoms with Crippen LogP contribution in [0.15, 0.2) is 53.0 Å². The summed E-state index contributed by atoms with van der Waals surface area (Å²) in [5.41, 5.74) is 3.15. The topological polar surface area (TPSA) is 55.6 Å². The summed E-state index contributed by atoms with van der Waals surface area (Å²) in [6.45, 7) is 0. The van der Waals surface area contributed by atoms with Gasteiger partial charge in [0.05, 0.1) is 0 Å². The van der Waals surface area contributed by atoms with Gasteiger partial charge in [-0.3, -0.25) is 0 Å². The number of para-hydroxylation sites is 1. The predicted molar refractivity (Wildman–Crippen MR) is 79.2 cm³/mol. The van der Waals surface area contributed by atoms with Crippen LogP contribution in [0.2, 0.25) is 0 Å². The molecule has 4 rings (SSSR count). The van der Waals surface area contributed by atoms with Gasteiger partial charge < -0.3 is 5.32 Å². The average molecular weight is 328 g/mol. The number of benzene rings is 2. The minimum atomic E-state index is -0.120. The molecule has 0 saturated heterocycles. The van der Waals surface area contributed by atoms with Crippen molar-refractivity contribution in [3.8, 4) is 11.4 Å². The number of aromatic nitrogens is 4. The Bertz CT molecular complexity index is 782. The monoisotopic (exact) mass is 327 g/mol. The van der Waals surface area contributed by atoms with Gasteiger partial charge in [-0.2, -0.15) is 4.68 Å². The van der Waals surface area contributed by atoms with E-state index in [1.165, 1.54) is 0 Å². The highest BCUT2D eigenvalue weighted by Gasteiger charge is 2.28. The van der Waals surface area contributed by atoms with Crippen LogP contribution < -0.4 is 5.32 Å². The second-order valence-electron chi connectivity index (χ2n) is 4.56. The maximum Gasteiger partial charge on any atom is 0.186 e. The molecule has 98 valence electrons. The van der Waals surface area contributed by atoms with Gasteiger partial charge in [-0.15, -0.1) is 5.10 Å². The van der Waals surface area contributed by atoms with Crippen molar-refractivity contribution in [2.45, 2.75) is 6.17 Å². The van der Waals surface area contributed by atoms with Gasteiger partial charge in [-0.05, 0) is 28.6 Å². The lowest BCUT2D eigenvalue weighted by molar-refractivity contribution is 0.551. The van der Waals surface area contributed by atoms with E-state index >= 15 is 0 Å². The van der Waals surface area contributed by atoms with Crippen molar-refractivity contribution in [2.75, 3.05) is 5.32 Å². The Kier molecular flexibility index (Phi) is 2.56. The highest BCUT2D eigenvalue weighted by Crippen LogP contribution is 2.37. The SMILES string of the molecule is Brc1ccccc1C1Nc2ccccc2-c2nnnn21. The summed E-state index contributed by atoms with van der Waals surface area (Å²) in [6.07, 6.45) is -0.120. The lowest BCUT2D eigenvalue weighted by Gasteiger charge is -2.27. The van der Waals surface area contributed by atoms with Crippen molar-refractivity contribution in [3.05, 3.63) is 58.6 Å². The molecular formula is C14H10BrN5. The predicted octanol–water partition coefficient (Wildman–Crippen LogP) is 3.08. The second-order valence-corrected chi connectivity index (χ2v) is 5.42. The van der Waals surface area contributed by atoms with Crippen LogP contribution in [0.1, 0.15) is 11.7 Å². The molecule has 2 aromatic carbocycles. The molecular weight excluding hydrogens is 318 g/mol. The number of rotatable bonds is 1. The number of nitrogens with zero attached hydrogens (tertiary/aromatic N) is 4. The van der Waals surface area contributed by atoms with Crippen LogP contribution in [0.4, 0.5) is 5.69 Å². The summed E-state index contributed by atoms with van der Waals surface area (Å²) in [6, 6.07) is 16.1. The van der Waals surface area contributed by atoms with Crippen molar-refractivity contribution >= 4 is 21.6 Å². The molecule has 0 fully saturated rings. The maximum absolute atomic E-state index is 4.15. The molecule has 20 heavy (non-hydrogen) atoms. The second kappa shape index (κ2) is 4.42. The van der Waals surface area contributed by atoms with E-state index in [0.717, 1.165) is 27.1 Å². The first-order valence-corrected chi connectivity index (χ1v) is 7.02. The van der Waals surface area contributed by atoms with Crippen LogP contribution >= 0.6 is 15.9 Å². The van der Waals surface area contributed by atoms with E-state index in [1.54, 1.807) is 0 Å². The van der Waals surface area contributed by atoms with E-state index in [9.17, 15) is 0 Å². The Morgan fingerprint density at radius 1 is 1.05 bits per heavy atom. The zero-order chi connectivity index (χ0) is 13.5. The Labute approximate surface area is 123 Å². The van der Waals surface area contributed by atoms with Gasteiger partial charge in [0.15, 0.2) is 12.0 Å². The van der Waals surface area contributed by atoms with Crippen molar-refractivity contribution in [1.82, 2.24) is 20.2 Å². The van der Waals surface area contributed by atoms with Gasteiger partial charge in [0, 0.05) is 21.3 Å². The van der Waals surface area contributed by atoms with Crippen LogP contribution in [0.25, 0.3) is 11.4 Å². The Morgan fingerprint density at radius 3 is 2.75 bits per heavy atom. The minimum Gasteiger partial charge on any atom is -0.359 e. The first-order chi connectivity index (χ1) is 9.84. The molecule has 0 saturated carbocycles. The largest absolute Gasteiger partial charge is 0.359 e. The molecule has 1 aliphatic rings. The average Bonchev–Trinajstić information content (AvgIpc) is 2.97. The van der Waals surface area contributed by atoms with E-state index in [2.05, 4.69) is 42.8 Å². The normalized spacial score (nSPS) is 16.1. The summed E-state index contributed by atoms with van der Waals surface area (Å²) in [4.78, 5) is 0. The summed E-state index contributed by atoms with van der Waals surface area (Å²) in [7, 11) is 0. The number of fused-ring (bicyclic) bond motifs is 3. The zero-order valence-electron chi connectivity index (χ0n) is 10.4. The smallest absolute Gasteiger partial charge is 0.186 e. The molecule has 2 heterocycles. The maximum atomic E-state index is 4.15. The highest BCUT2D eigenvalue weighted by atomic mass is 79.9. The number of hydrogen-bond acceptors (Lipinski definition) is 4. The lowest BCUT2D eigenvalue weighted by Crippen LogP contribution is -2.26. The Balaban J connectivity index is 1.92. The third kappa shape index (κ3) is 1.65. The van der Waals surface area contributed by atoms with E-state index in [1.807, 2.05) is 47.1 Å². The van der Waals surface area contributed by atoms with Gasteiger partial charge in [0.2, 0.25) is 0 Å². The fourth-order valence-electron chi connectivity index (χ4n) is 2.46. The first-order valence-electron chi connectivity index (χ1n) is 6.23. The van der Waals surface area contributed by atoms with Crippen LogP contribution in [0.3, 0.4) is 0 Å². The van der Waals surface area contributed by atoms with Crippen LogP contribution in [-0.2, 0) is 0 Å². The molecule has 0 radical (unpaired) electrons. The van der Waals surface area contributed by atoms with E-state index in [4.69, 9.17) is 0 Å². The fraction of sp³-hybridized carbons (Fsp3) is 0.0714. The van der Waals surface area contributed by atoms with Crippen LogP contribution in [-0.4, -0.2) is 20.2 Å². The van der Waals surface area contributed by atoms with Crippen LogP contribution in [0.5, 0.6) is 0 Å². The number of halogens is 1. The number of hydrogen-bond donors (Lipinski definition) is 1. The molecule has 5 nitrogen and oxygen atoms in total. The van der Waals surface area contributed by atoms with Gasteiger partial charge >= 0.3 is 0 Å². The van der Waals surface area contributed by atoms with Crippen molar-refractivity contribution in [2.24, 2.45) is 0 Å². The summed E-state index contributed by atoms with van der Waals surface area (Å²) < 4.78 is 2.83. The van der Waals surface area contributed by atoms with E-state index in [-0.39, 0.29) is 6.17 Å². The van der Waals surface area contributed by atoms with Crippen molar-refractivity contribution < 1.29 is 0 Å². The molecule has 1 N–H and O–H groups in total. The fourth-order valence-corrected chi connectivity index (χ4v) is 2.97. The molecule has 1 aromatic heterocycles. The molecule has 0 spiro atoms. The molecule has 0 bridgehead atoms. The highest BCUT2D eigenvalue weighted by molar-refractivity contribution is 9.10. The summed E-state index contributed by atoms with van der Waals surface area (Å²) >= 11 is 3.59. The molecule has 0 aliphatic carbocycles. The lowest BCUT2D eigenvalue weighted by atomic mass is 10.1. The van der Waals surface area contributed by atoms with Crippen molar-refractivity contribution in [1.29, 1.82) is 0 Å². The van der Waals surface area contributed by atoms with Gasteiger partial charge in [0.1, 0.15) is 0 Å². The van der Waals surface area contributed by atoms with Gasteiger partial charge in [-0.25, -0.2) is 0 Å². The third-order valence-corrected chi connectivity index (χ3v) is 4.12. The summed E-state index contributed by atoms with van der Waals surface area (Å²) in [5, 5.41) is 15.6. The van der Waals surface area contributed by atoms with E-state index < -0.39 is 0 Å². The first kappa shape index (κ1) is 11.6. The molecule has 0 amide bonds. The third-order valence-electron chi connectivity index (χ3n) is 3.40.